The van der Waals surface area contributed by atoms with E-state index < -0.39 is 0 Å². The van der Waals surface area contributed by atoms with Crippen LogP contribution in [0.15, 0.2) is 4.99 Å². The van der Waals surface area contributed by atoms with Crippen LogP contribution in [0.5, 0.6) is 0 Å². The van der Waals surface area contributed by atoms with Crippen LogP contribution in [-0.4, -0.2) is 25.1 Å². The Balaban J connectivity index is 1.38. The Morgan fingerprint density at radius 2 is 2.31 bits per heavy atom. The highest BCUT2D eigenvalue weighted by Crippen LogP contribution is 2.49. The molecule has 0 aromatic rings. The quantitative estimate of drug-likeness (QED) is 0.762. The molecule has 0 saturated heterocycles. The number of nitrogens with zero attached hydrogens (tertiary/aromatic N) is 1. The van der Waals surface area contributed by atoms with E-state index in [0.717, 1.165) is 36.8 Å². The van der Waals surface area contributed by atoms with Crippen LogP contribution in [0, 0.1) is 17.8 Å². The number of fused-ring (bicyclic) bond motifs is 2. The highest BCUT2D eigenvalue weighted by Gasteiger charge is 2.38. The predicted molar refractivity (Wildman–Crippen MR) is 66.5 cm³/mol. The molecule has 3 heteroatoms. The van der Waals surface area contributed by atoms with Gasteiger partial charge in [0.15, 0.2) is 5.96 Å². The Labute approximate surface area is 98.1 Å². The minimum Gasteiger partial charge on any atom is -0.356 e. The smallest absolute Gasteiger partial charge is 0.191 e. The summed E-state index contributed by atoms with van der Waals surface area (Å²) in [6.07, 6.45) is 7.39. The summed E-state index contributed by atoms with van der Waals surface area (Å²) < 4.78 is 0. The second kappa shape index (κ2) is 4.27. The lowest BCUT2D eigenvalue weighted by Gasteiger charge is -2.21. The molecule has 2 fully saturated rings. The van der Waals surface area contributed by atoms with Gasteiger partial charge in [0.1, 0.15) is 0 Å². The van der Waals surface area contributed by atoms with E-state index >= 15 is 0 Å². The number of hydrogen-bond donors (Lipinski definition) is 2. The van der Waals surface area contributed by atoms with Gasteiger partial charge < -0.3 is 10.6 Å². The minimum absolute atomic E-state index is 0.519. The van der Waals surface area contributed by atoms with Gasteiger partial charge in [-0.05, 0) is 50.4 Å². The van der Waals surface area contributed by atoms with Crippen molar-refractivity contribution in [2.75, 3.05) is 13.1 Å². The minimum atomic E-state index is 0.519. The van der Waals surface area contributed by atoms with Gasteiger partial charge in [-0.1, -0.05) is 6.42 Å². The number of nitrogens with one attached hydrogen (secondary N) is 2. The van der Waals surface area contributed by atoms with Gasteiger partial charge >= 0.3 is 0 Å². The van der Waals surface area contributed by atoms with E-state index in [-0.39, 0.29) is 0 Å². The fraction of sp³-hybridized carbons (Fsp3) is 0.923. The first-order valence-electron chi connectivity index (χ1n) is 6.86. The Hall–Kier alpha value is -0.730. The molecule has 3 nitrogen and oxygen atoms in total. The monoisotopic (exact) mass is 221 g/mol. The van der Waals surface area contributed by atoms with Crippen molar-refractivity contribution in [2.45, 2.75) is 45.1 Å². The number of aliphatic imine (C=N–C) groups is 1. The third kappa shape index (κ3) is 2.04. The normalized spacial score (nSPS) is 40.9. The molecule has 0 spiro atoms. The van der Waals surface area contributed by atoms with Gasteiger partial charge in [0.25, 0.3) is 0 Å². The number of hydrogen-bond acceptors (Lipinski definition) is 3. The first-order valence-corrected chi connectivity index (χ1v) is 6.86. The maximum absolute atomic E-state index is 4.42. The second-order valence-corrected chi connectivity index (χ2v) is 5.89. The standard InChI is InChI=1S/C13H23N3/c1-9-8-15-13(16-9)14-5-4-12-7-10-2-3-11(12)6-10/h9-12H,2-8H2,1H3,(H2,14,15,16). The third-order valence-electron chi connectivity index (χ3n) is 4.60. The molecule has 1 heterocycles. The molecule has 2 saturated carbocycles. The molecule has 0 radical (unpaired) electrons. The Morgan fingerprint density at radius 1 is 1.38 bits per heavy atom. The SMILES string of the molecule is CC1CN=C(NCCC2CC3CCC2C3)N1. The summed E-state index contributed by atoms with van der Waals surface area (Å²) in [5.74, 6) is 4.17. The van der Waals surface area contributed by atoms with Gasteiger partial charge in [0, 0.05) is 12.6 Å². The van der Waals surface area contributed by atoms with E-state index in [1.807, 2.05) is 0 Å². The van der Waals surface area contributed by atoms with Gasteiger partial charge in [0.2, 0.25) is 0 Å². The molecule has 2 N–H and O–H groups in total. The van der Waals surface area contributed by atoms with Crippen LogP contribution in [0.3, 0.4) is 0 Å². The first-order chi connectivity index (χ1) is 7.81. The van der Waals surface area contributed by atoms with Crippen LogP contribution >= 0.6 is 0 Å². The summed E-state index contributed by atoms with van der Waals surface area (Å²) in [5.41, 5.74) is 0. The second-order valence-electron chi connectivity index (χ2n) is 5.89. The largest absolute Gasteiger partial charge is 0.356 e. The molecule has 16 heavy (non-hydrogen) atoms. The lowest BCUT2D eigenvalue weighted by molar-refractivity contribution is 0.315. The van der Waals surface area contributed by atoms with Crippen molar-refractivity contribution in [3.05, 3.63) is 0 Å². The van der Waals surface area contributed by atoms with Crippen LogP contribution in [-0.2, 0) is 0 Å². The molecule has 4 unspecified atom stereocenters. The van der Waals surface area contributed by atoms with Gasteiger partial charge in [0.05, 0.1) is 6.54 Å². The fourth-order valence-corrected chi connectivity index (χ4v) is 3.77. The van der Waals surface area contributed by atoms with Crippen LogP contribution < -0.4 is 10.6 Å². The van der Waals surface area contributed by atoms with Crippen molar-refractivity contribution >= 4 is 5.96 Å². The van der Waals surface area contributed by atoms with E-state index in [1.54, 1.807) is 0 Å². The van der Waals surface area contributed by atoms with E-state index in [4.69, 9.17) is 0 Å². The van der Waals surface area contributed by atoms with Crippen molar-refractivity contribution in [3.8, 4) is 0 Å². The molecule has 1 aliphatic heterocycles. The summed E-state index contributed by atoms with van der Waals surface area (Å²) in [4.78, 5) is 4.42. The fourth-order valence-electron chi connectivity index (χ4n) is 3.77. The average molecular weight is 221 g/mol. The zero-order valence-corrected chi connectivity index (χ0v) is 10.2. The van der Waals surface area contributed by atoms with Crippen molar-refractivity contribution in [3.63, 3.8) is 0 Å². The molecule has 90 valence electrons. The molecular formula is C13H23N3. The van der Waals surface area contributed by atoms with Crippen molar-refractivity contribution in [2.24, 2.45) is 22.7 Å². The molecule has 0 aromatic heterocycles. The molecule has 4 atom stereocenters. The van der Waals surface area contributed by atoms with Gasteiger partial charge in [-0.25, -0.2) is 0 Å². The molecular weight excluding hydrogens is 198 g/mol. The first kappa shape index (κ1) is 10.4. The maximum Gasteiger partial charge on any atom is 0.191 e. The van der Waals surface area contributed by atoms with E-state index in [1.165, 1.54) is 32.1 Å². The summed E-state index contributed by atoms with van der Waals surface area (Å²) in [6, 6.07) is 0.519. The van der Waals surface area contributed by atoms with Crippen molar-refractivity contribution in [1.82, 2.24) is 10.6 Å². The highest BCUT2D eigenvalue weighted by molar-refractivity contribution is 5.81. The lowest BCUT2D eigenvalue weighted by atomic mass is 9.86. The third-order valence-corrected chi connectivity index (χ3v) is 4.60. The van der Waals surface area contributed by atoms with Crippen LogP contribution in [0.4, 0.5) is 0 Å². The van der Waals surface area contributed by atoms with Crippen LogP contribution in [0.1, 0.15) is 39.0 Å². The van der Waals surface area contributed by atoms with Crippen molar-refractivity contribution < 1.29 is 0 Å². The molecule has 2 bridgehead atoms. The Bertz CT molecular complexity index is 287. The van der Waals surface area contributed by atoms with E-state index in [0.29, 0.717) is 6.04 Å². The lowest BCUT2D eigenvalue weighted by Crippen LogP contribution is -2.38. The highest BCUT2D eigenvalue weighted by atomic mass is 15.2. The summed E-state index contributed by atoms with van der Waals surface area (Å²) in [7, 11) is 0. The van der Waals surface area contributed by atoms with Crippen molar-refractivity contribution in [1.29, 1.82) is 0 Å². The summed E-state index contributed by atoms with van der Waals surface area (Å²) in [5, 5.41) is 6.79. The van der Waals surface area contributed by atoms with Crippen LogP contribution in [0.2, 0.25) is 0 Å². The van der Waals surface area contributed by atoms with E-state index in [9.17, 15) is 0 Å². The summed E-state index contributed by atoms with van der Waals surface area (Å²) in [6.45, 7) is 4.21. The average Bonchev–Trinajstić information content (AvgIpc) is 2.94. The maximum atomic E-state index is 4.42. The zero-order valence-electron chi connectivity index (χ0n) is 10.2. The predicted octanol–water partition coefficient (Wildman–Crippen LogP) is 1.75. The Morgan fingerprint density at radius 3 is 2.94 bits per heavy atom. The van der Waals surface area contributed by atoms with Gasteiger partial charge in [-0.2, -0.15) is 0 Å². The van der Waals surface area contributed by atoms with Gasteiger partial charge in [-0.3, -0.25) is 4.99 Å². The van der Waals surface area contributed by atoms with E-state index in [2.05, 4.69) is 22.5 Å². The molecule has 3 aliphatic rings. The van der Waals surface area contributed by atoms with Crippen LogP contribution in [0.25, 0.3) is 0 Å². The molecule has 2 aliphatic carbocycles. The Kier molecular flexibility index (Phi) is 2.78. The molecule has 0 amide bonds. The molecule has 3 rings (SSSR count). The summed E-state index contributed by atoms with van der Waals surface area (Å²) >= 11 is 0. The topological polar surface area (TPSA) is 36.4 Å². The van der Waals surface area contributed by atoms with Gasteiger partial charge in [-0.15, -0.1) is 0 Å². The number of rotatable bonds is 3. The molecule has 0 aromatic carbocycles. The zero-order chi connectivity index (χ0) is 11.0. The number of guanidine groups is 1.